The minimum absolute atomic E-state index is 0.0515. The summed E-state index contributed by atoms with van der Waals surface area (Å²) < 4.78 is 19.1. The first-order chi connectivity index (χ1) is 19.9. The molecule has 1 aliphatic rings. The Kier molecular flexibility index (Phi) is 8.60. The minimum Gasteiger partial charge on any atom is -0.504 e. The molecule has 0 radical (unpaired) electrons. The van der Waals surface area contributed by atoms with Gasteiger partial charge >= 0.3 is 5.97 Å². The first-order valence-corrected chi connectivity index (χ1v) is 14.8. The van der Waals surface area contributed by atoms with Crippen LogP contribution in [0.4, 0.5) is 0 Å². The number of halogens is 1. The second kappa shape index (κ2) is 12.3. The molecule has 0 saturated carbocycles. The number of methoxy groups -OCH3 is 1. The number of ether oxygens (including phenoxy) is 3. The number of carbonyl (C=O) groups excluding carboxylic acids is 1. The molecule has 1 aromatic heterocycles. The lowest BCUT2D eigenvalue weighted by Gasteiger charge is -2.26. The van der Waals surface area contributed by atoms with E-state index in [4.69, 9.17) is 19.2 Å². The van der Waals surface area contributed by atoms with Gasteiger partial charge in [-0.15, -0.1) is 0 Å². The van der Waals surface area contributed by atoms with E-state index in [0.717, 1.165) is 5.56 Å². The molecule has 41 heavy (non-hydrogen) atoms. The van der Waals surface area contributed by atoms with Gasteiger partial charge < -0.3 is 19.3 Å². The third-order valence-electron chi connectivity index (χ3n) is 6.43. The zero-order valence-electron chi connectivity index (χ0n) is 22.6. The fraction of sp³-hybridized carbons (Fsp3) is 0.194. The highest BCUT2D eigenvalue weighted by Crippen LogP contribution is 2.36. The molecular weight excluding hydrogens is 655 g/mol. The SMILES string of the molecule is CCOC(=O)C1=C(c2ccccc2)N=c2s/c(=C\c3cc(I)c(O)c(OCC)c3)c(=O)n2[C@H]1c1cccc(OC)c1. The number of aromatic nitrogens is 1. The van der Waals surface area contributed by atoms with Gasteiger partial charge in [0.15, 0.2) is 16.3 Å². The highest BCUT2D eigenvalue weighted by Gasteiger charge is 2.35. The van der Waals surface area contributed by atoms with Gasteiger partial charge in [0.05, 0.1) is 45.7 Å². The topological polar surface area (TPSA) is 99.4 Å². The first kappa shape index (κ1) is 28.6. The number of phenolic OH excluding ortho intramolecular Hbond substituents is 1. The maximum Gasteiger partial charge on any atom is 0.338 e. The van der Waals surface area contributed by atoms with Gasteiger partial charge in [-0.3, -0.25) is 9.36 Å². The van der Waals surface area contributed by atoms with Crippen LogP contribution in [0, 0.1) is 3.57 Å². The van der Waals surface area contributed by atoms with Crippen molar-refractivity contribution in [3.8, 4) is 17.2 Å². The minimum atomic E-state index is -0.809. The van der Waals surface area contributed by atoms with Gasteiger partial charge in [-0.2, -0.15) is 0 Å². The van der Waals surface area contributed by atoms with Crippen LogP contribution in [-0.4, -0.2) is 36.0 Å². The van der Waals surface area contributed by atoms with Crippen LogP contribution in [0.5, 0.6) is 17.2 Å². The van der Waals surface area contributed by atoms with Crippen molar-refractivity contribution in [3.05, 3.63) is 112 Å². The number of carbonyl (C=O) groups is 1. The number of hydrogen-bond donors (Lipinski definition) is 1. The van der Waals surface area contributed by atoms with Crippen LogP contribution in [0.25, 0.3) is 11.8 Å². The Morgan fingerprint density at radius 2 is 1.88 bits per heavy atom. The number of fused-ring (bicyclic) bond motifs is 1. The molecule has 0 fully saturated rings. The van der Waals surface area contributed by atoms with E-state index < -0.39 is 12.0 Å². The molecule has 10 heteroatoms. The Labute approximate surface area is 254 Å². The highest BCUT2D eigenvalue weighted by molar-refractivity contribution is 14.1. The maximum atomic E-state index is 14.1. The van der Waals surface area contributed by atoms with Gasteiger partial charge in [-0.05, 0) is 77.9 Å². The van der Waals surface area contributed by atoms with Crippen LogP contribution in [0.2, 0.25) is 0 Å². The second-order valence-electron chi connectivity index (χ2n) is 8.99. The van der Waals surface area contributed by atoms with Crippen LogP contribution in [0.3, 0.4) is 0 Å². The standard InChI is InChI=1S/C31H27IN2O6S/c1-4-39-23-15-18(14-22(32)28(23)35)16-24-29(36)34-27(20-12-9-13-21(17-20)38-3)25(30(37)40-5-2)26(33-31(34)41-24)19-10-7-6-8-11-19/h6-17,27,35H,4-5H2,1-3H3/b24-16-/t27-/m0/s1. The van der Waals surface area contributed by atoms with Crippen molar-refractivity contribution in [1.82, 2.24) is 4.57 Å². The Morgan fingerprint density at radius 3 is 2.59 bits per heavy atom. The summed E-state index contributed by atoms with van der Waals surface area (Å²) in [5.74, 6) is 0.430. The van der Waals surface area contributed by atoms with E-state index in [1.807, 2.05) is 84.1 Å². The van der Waals surface area contributed by atoms with Gasteiger partial charge in [0.25, 0.3) is 5.56 Å². The average Bonchev–Trinajstić information content (AvgIpc) is 3.29. The fourth-order valence-corrected chi connectivity index (χ4v) is 6.29. The molecule has 2 heterocycles. The lowest BCUT2D eigenvalue weighted by atomic mass is 9.93. The maximum absolute atomic E-state index is 14.1. The summed E-state index contributed by atoms with van der Waals surface area (Å²) in [5, 5.41) is 10.4. The monoisotopic (exact) mass is 682 g/mol. The number of aromatic hydroxyl groups is 1. The van der Waals surface area contributed by atoms with E-state index in [1.165, 1.54) is 11.3 Å². The molecule has 3 aromatic carbocycles. The largest absolute Gasteiger partial charge is 0.504 e. The van der Waals surface area contributed by atoms with Gasteiger partial charge in [0, 0.05) is 5.56 Å². The van der Waals surface area contributed by atoms with Crippen molar-refractivity contribution in [2.45, 2.75) is 19.9 Å². The van der Waals surface area contributed by atoms with Gasteiger partial charge in [-0.1, -0.05) is 53.8 Å². The van der Waals surface area contributed by atoms with Crippen LogP contribution in [0.15, 0.2) is 82.1 Å². The third kappa shape index (κ3) is 5.66. The summed E-state index contributed by atoms with van der Waals surface area (Å²) in [6.45, 7) is 4.13. The summed E-state index contributed by atoms with van der Waals surface area (Å²) in [6, 6.07) is 19.3. The molecule has 1 N–H and O–H groups in total. The molecule has 0 amide bonds. The normalized spacial score (nSPS) is 14.8. The van der Waals surface area contributed by atoms with Crippen molar-refractivity contribution in [2.75, 3.05) is 20.3 Å². The van der Waals surface area contributed by atoms with E-state index >= 15 is 0 Å². The first-order valence-electron chi connectivity index (χ1n) is 12.9. The zero-order chi connectivity index (χ0) is 29.1. The molecule has 0 spiro atoms. The molecule has 1 aliphatic heterocycles. The van der Waals surface area contributed by atoms with Crippen LogP contribution >= 0.6 is 33.9 Å². The molecule has 5 rings (SSSR count). The second-order valence-corrected chi connectivity index (χ2v) is 11.2. The van der Waals surface area contributed by atoms with Crippen molar-refractivity contribution >= 4 is 51.7 Å². The fourth-order valence-electron chi connectivity index (χ4n) is 4.66. The predicted molar refractivity (Wildman–Crippen MR) is 166 cm³/mol. The molecule has 1 atom stereocenters. The van der Waals surface area contributed by atoms with Gasteiger partial charge in [0.1, 0.15) is 5.75 Å². The van der Waals surface area contributed by atoms with Crippen molar-refractivity contribution < 1.29 is 24.1 Å². The quantitative estimate of drug-likeness (QED) is 0.215. The molecule has 8 nitrogen and oxygen atoms in total. The Bertz CT molecular complexity index is 1830. The number of esters is 1. The van der Waals surface area contributed by atoms with Crippen LogP contribution < -0.4 is 24.4 Å². The third-order valence-corrected chi connectivity index (χ3v) is 8.24. The van der Waals surface area contributed by atoms with E-state index in [-0.39, 0.29) is 23.5 Å². The van der Waals surface area contributed by atoms with Crippen molar-refractivity contribution in [1.29, 1.82) is 0 Å². The number of rotatable bonds is 8. The Balaban J connectivity index is 1.81. The van der Waals surface area contributed by atoms with Crippen LogP contribution in [0.1, 0.15) is 36.6 Å². The number of hydrogen-bond acceptors (Lipinski definition) is 8. The summed E-state index contributed by atoms with van der Waals surface area (Å²) in [5.41, 5.74) is 2.51. The summed E-state index contributed by atoms with van der Waals surface area (Å²) in [7, 11) is 1.57. The summed E-state index contributed by atoms with van der Waals surface area (Å²) in [4.78, 5) is 33.0. The Hall–Kier alpha value is -3.90. The number of benzene rings is 3. The number of phenols is 1. The van der Waals surface area contributed by atoms with E-state index in [0.29, 0.717) is 47.8 Å². The lowest BCUT2D eigenvalue weighted by Crippen LogP contribution is -2.40. The van der Waals surface area contributed by atoms with Gasteiger partial charge in [-0.25, -0.2) is 9.79 Å². The summed E-state index contributed by atoms with van der Waals surface area (Å²) in [6.07, 6.45) is 1.74. The molecular formula is C31H27IN2O6S. The van der Waals surface area contributed by atoms with Crippen LogP contribution in [-0.2, 0) is 9.53 Å². The molecule has 0 saturated heterocycles. The molecule has 4 aromatic rings. The Morgan fingerprint density at radius 1 is 1.10 bits per heavy atom. The van der Waals surface area contributed by atoms with Gasteiger partial charge in [0.2, 0.25) is 0 Å². The van der Waals surface area contributed by atoms with E-state index in [1.54, 1.807) is 36.8 Å². The predicted octanol–water partition coefficient (Wildman–Crippen LogP) is 4.65. The van der Waals surface area contributed by atoms with E-state index in [9.17, 15) is 14.7 Å². The molecule has 0 bridgehead atoms. The average molecular weight is 683 g/mol. The molecule has 0 aliphatic carbocycles. The highest BCUT2D eigenvalue weighted by atomic mass is 127. The zero-order valence-corrected chi connectivity index (χ0v) is 25.6. The number of nitrogens with zero attached hydrogens (tertiary/aromatic N) is 2. The number of thiazole rings is 1. The van der Waals surface area contributed by atoms with E-state index in [2.05, 4.69) is 0 Å². The van der Waals surface area contributed by atoms with Crippen molar-refractivity contribution in [3.63, 3.8) is 0 Å². The van der Waals surface area contributed by atoms with Crippen molar-refractivity contribution in [2.24, 2.45) is 4.99 Å². The molecule has 0 unspecified atom stereocenters. The summed E-state index contributed by atoms with van der Waals surface area (Å²) >= 11 is 3.25. The molecule has 210 valence electrons. The lowest BCUT2D eigenvalue weighted by molar-refractivity contribution is -0.138. The smallest absolute Gasteiger partial charge is 0.338 e.